The van der Waals surface area contributed by atoms with E-state index in [2.05, 4.69) is 0 Å². The maximum atomic E-state index is 10.9. The smallest absolute Gasteiger partial charge is 0.323 e. The average Bonchev–Trinajstić information content (AvgIpc) is 1.54. The first kappa shape index (κ1) is 11.1. The molecule has 0 saturated heterocycles. The molecule has 0 spiro atoms. The molecule has 0 unspecified atom stereocenters. The second-order valence-corrected chi connectivity index (χ2v) is 4.92. The fourth-order valence-corrected chi connectivity index (χ4v) is 2.66. The van der Waals surface area contributed by atoms with Crippen LogP contribution in [0.1, 0.15) is 13.8 Å². The second-order valence-electron chi connectivity index (χ2n) is 3.21. The molecule has 0 rings (SSSR count). The average molecular weight is 181 g/mol. The Bertz CT molecular complexity index is 155. The van der Waals surface area contributed by atoms with Crippen LogP contribution in [0, 0.1) is 5.92 Å². The lowest BCUT2D eigenvalue weighted by Gasteiger charge is -2.28. The number of nitrogens with zero attached hydrogens (tertiary/aromatic N) is 1. The molecule has 11 heavy (non-hydrogen) atoms. The molecular formula is C6H16NO3P. The van der Waals surface area contributed by atoms with E-state index in [1.165, 1.54) is 0 Å². The van der Waals surface area contributed by atoms with Crippen LogP contribution in [0.5, 0.6) is 0 Å². The summed E-state index contributed by atoms with van der Waals surface area (Å²) in [5.41, 5.74) is 0. The molecule has 0 aromatic rings. The predicted molar refractivity (Wildman–Crippen MR) is 44.4 cm³/mol. The number of rotatable bonds is 3. The highest BCUT2D eigenvalue weighted by molar-refractivity contribution is 7.52. The van der Waals surface area contributed by atoms with Crippen molar-refractivity contribution in [1.29, 1.82) is 0 Å². The first-order chi connectivity index (χ1) is 4.76. The molecule has 68 valence electrons. The standard InChI is InChI=1S/C6H16NO3P/c1-5(2)6(7(3)4)11(8,9)10/h5-6H,1-4H3,(H2,8,9,10)/t6-/m1/s1. The van der Waals surface area contributed by atoms with Crippen LogP contribution in [0.4, 0.5) is 0 Å². The van der Waals surface area contributed by atoms with Gasteiger partial charge in [0.2, 0.25) is 0 Å². The molecule has 2 N–H and O–H groups in total. The van der Waals surface area contributed by atoms with E-state index in [4.69, 9.17) is 9.79 Å². The maximum Gasteiger partial charge on any atom is 0.342 e. The van der Waals surface area contributed by atoms with Crippen LogP contribution < -0.4 is 0 Å². The zero-order valence-electron chi connectivity index (χ0n) is 7.35. The second kappa shape index (κ2) is 3.68. The molecule has 0 saturated carbocycles. The Balaban J connectivity index is 4.49. The van der Waals surface area contributed by atoms with Gasteiger partial charge in [0.05, 0.1) is 0 Å². The molecule has 0 radical (unpaired) electrons. The van der Waals surface area contributed by atoms with Crippen LogP contribution in [-0.4, -0.2) is 34.6 Å². The van der Waals surface area contributed by atoms with E-state index in [1.807, 2.05) is 0 Å². The third-order valence-electron chi connectivity index (χ3n) is 1.47. The Morgan fingerprint density at radius 3 is 1.64 bits per heavy atom. The minimum atomic E-state index is -3.96. The van der Waals surface area contributed by atoms with Gasteiger partial charge in [-0.15, -0.1) is 0 Å². The third-order valence-corrected chi connectivity index (χ3v) is 3.22. The van der Waals surface area contributed by atoms with Crippen molar-refractivity contribution in [3.8, 4) is 0 Å². The lowest BCUT2D eigenvalue weighted by Crippen LogP contribution is -2.32. The molecule has 0 bridgehead atoms. The first-order valence-electron chi connectivity index (χ1n) is 3.48. The lowest BCUT2D eigenvalue weighted by atomic mass is 10.2. The van der Waals surface area contributed by atoms with Gasteiger partial charge in [0.1, 0.15) is 5.78 Å². The van der Waals surface area contributed by atoms with Crippen LogP contribution >= 0.6 is 7.60 Å². The predicted octanol–water partition coefficient (Wildman–Crippen LogP) is 0.708. The quantitative estimate of drug-likeness (QED) is 0.629. The molecule has 5 heteroatoms. The molecule has 4 nitrogen and oxygen atoms in total. The van der Waals surface area contributed by atoms with Crippen molar-refractivity contribution >= 4 is 7.60 Å². The van der Waals surface area contributed by atoms with Gasteiger partial charge in [0, 0.05) is 0 Å². The summed E-state index contributed by atoms with van der Waals surface area (Å²) in [5.74, 6) is -0.701. The van der Waals surface area contributed by atoms with E-state index < -0.39 is 13.4 Å². The highest BCUT2D eigenvalue weighted by atomic mass is 31.2. The number of hydrogen-bond donors (Lipinski definition) is 2. The Morgan fingerprint density at radius 2 is 1.64 bits per heavy atom. The molecule has 0 aromatic carbocycles. The van der Waals surface area contributed by atoms with Crippen LogP contribution in [0.15, 0.2) is 0 Å². The van der Waals surface area contributed by atoms with Crippen molar-refractivity contribution in [3.05, 3.63) is 0 Å². The van der Waals surface area contributed by atoms with Gasteiger partial charge in [-0.2, -0.15) is 0 Å². The minimum absolute atomic E-state index is 0.0363. The highest BCUT2D eigenvalue weighted by Crippen LogP contribution is 2.45. The van der Waals surface area contributed by atoms with Crippen molar-refractivity contribution < 1.29 is 14.4 Å². The summed E-state index contributed by atoms with van der Waals surface area (Å²) in [5, 5.41) is 0. The fraction of sp³-hybridized carbons (Fsp3) is 1.00. The van der Waals surface area contributed by atoms with E-state index in [0.29, 0.717) is 0 Å². The van der Waals surface area contributed by atoms with E-state index in [1.54, 1.807) is 32.8 Å². The van der Waals surface area contributed by atoms with Crippen molar-refractivity contribution in [2.24, 2.45) is 5.92 Å². The zero-order chi connectivity index (χ0) is 9.23. The van der Waals surface area contributed by atoms with Gasteiger partial charge in [0.15, 0.2) is 0 Å². The summed E-state index contributed by atoms with van der Waals surface area (Å²) in [6.07, 6.45) is 0. The zero-order valence-corrected chi connectivity index (χ0v) is 8.25. The molecular weight excluding hydrogens is 165 g/mol. The third kappa shape index (κ3) is 3.34. The molecule has 0 aliphatic heterocycles. The largest absolute Gasteiger partial charge is 0.342 e. The van der Waals surface area contributed by atoms with Gasteiger partial charge in [-0.05, 0) is 20.0 Å². The summed E-state index contributed by atoms with van der Waals surface area (Å²) >= 11 is 0. The van der Waals surface area contributed by atoms with Crippen LogP contribution in [0.3, 0.4) is 0 Å². The van der Waals surface area contributed by atoms with Gasteiger partial charge in [-0.25, -0.2) is 0 Å². The summed E-state index contributed by atoms with van der Waals surface area (Å²) < 4.78 is 10.9. The van der Waals surface area contributed by atoms with Crippen molar-refractivity contribution in [2.75, 3.05) is 14.1 Å². The van der Waals surface area contributed by atoms with Gasteiger partial charge >= 0.3 is 7.60 Å². The Morgan fingerprint density at radius 1 is 1.27 bits per heavy atom. The van der Waals surface area contributed by atoms with E-state index in [-0.39, 0.29) is 5.92 Å². The van der Waals surface area contributed by atoms with Crippen molar-refractivity contribution in [3.63, 3.8) is 0 Å². The minimum Gasteiger partial charge on any atom is -0.323 e. The maximum absolute atomic E-state index is 10.9. The molecule has 0 fully saturated rings. The van der Waals surface area contributed by atoms with Crippen LogP contribution in [0.25, 0.3) is 0 Å². The Kier molecular flexibility index (Phi) is 3.71. The molecule has 0 heterocycles. The van der Waals surface area contributed by atoms with Gasteiger partial charge < -0.3 is 9.79 Å². The summed E-state index contributed by atoms with van der Waals surface area (Å²) in [6, 6.07) is 0. The topological polar surface area (TPSA) is 60.8 Å². The number of hydrogen-bond acceptors (Lipinski definition) is 2. The lowest BCUT2D eigenvalue weighted by molar-refractivity contribution is 0.244. The van der Waals surface area contributed by atoms with Gasteiger partial charge in [-0.1, -0.05) is 13.8 Å². The monoisotopic (exact) mass is 181 g/mol. The van der Waals surface area contributed by atoms with Crippen molar-refractivity contribution in [1.82, 2.24) is 4.90 Å². The normalized spacial score (nSPS) is 16.0. The first-order valence-corrected chi connectivity index (χ1v) is 5.16. The Labute approximate surface area is 67.4 Å². The SMILES string of the molecule is CC(C)[C@H](N(C)C)P(=O)(O)O. The van der Waals surface area contributed by atoms with Crippen LogP contribution in [-0.2, 0) is 4.57 Å². The molecule has 0 aliphatic rings. The molecule has 0 aliphatic carbocycles. The molecule has 0 aromatic heterocycles. The van der Waals surface area contributed by atoms with Crippen LogP contribution in [0.2, 0.25) is 0 Å². The van der Waals surface area contributed by atoms with E-state index in [0.717, 1.165) is 0 Å². The highest BCUT2D eigenvalue weighted by Gasteiger charge is 2.33. The van der Waals surface area contributed by atoms with E-state index in [9.17, 15) is 4.57 Å². The summed E-state index contributed by atoms with van der Waals surface area (Å²) in [6.45, 7) is 3.59. The fourth-order valence-electron chi connectivity index (χ4n) is 1.29. The van der Waals surface area contributed by atoms with Gasteiger partial charge in [0.25, 0.3) is 0 Å². The summed E-state index contributed by atoms with van der Waals surface area (Å²) in [4.78, 5) is 19.3. The van der Waals surface area contributed by atoms with Gasteiger partial charge in [-0.3, -0.25) is 9.46 Å². The molecule has 1 atom stereocenters. The van der Waals surface area contributed by atoms with E-state index >= 15 is 0 Å². The summed E-state index contributed by atoms with van der Waals surface area (Å²) in [7, 11) is -0.621. The molecule has 0 amide bonds. The van der Waals surface area contributed by atoms with Crippen molar-refractivity contribution in [2.45, 2.75) is 19.6 Å². The Hall–Kier alpha value is 0.110.